The molecule has 0 aliphatic carbocycles. The molecule has 2 aromatic rings. The van der Waals surface area contributed by atoms with Crippen LogP contribution >= 0.6 is 0 Å². The van der Waals surface area contributed by atoms with Gasteiger partial charge in [0.15, 0.2) is 0 Å². The van der Waals surface area contributed by atoms with Crippen LogP contribution in [0.1, 0.15) is 45.5 Å². The largest absolute Gasteiger partial charge is 0.341 e. The molecule has 114 valence electrons. The van der Waals surface area contributed by atoms with Gasteiger partial charge in [-0.15, -0.1) is 0 Å². The number of hydrogen-bond acceptors (Lipinski definition) is 2. The molecule has 1 saturated heterocycles. The molecule has 0 amide bonds. The summed E-state index contributed by atoms with van der Waals surface area (Å²) in [5.41, 5.74) is 1.64. The van der Waals surface area contributed by atoms with Crippen molar-refractivity contribution in [2.75, 3.05) is 13.1 Å². The van der Waals surface area contributed by atoms with Crippen molar-refractivity contribution in [3.8, 4) is 0 Å². The van der Waals surface area contributed by atoms with Gasteiger partial charge in [-0.1, -0.05) is 20.8 Å². The zero-order chi connectivity index (χ0) is 15.0. The predicted molar refractivity (Wildman–Crippen MR) is 83.6 cm³/mol. The molecule has 1 aromatic heterocycles. The van der Waals surface area contributed by atoms with Gasteiger partial charge in [0.2, 0.25) is 0 Å². The number of fused-ring (bicyclic) bond motifs is 1. The van der Waals surface area contributed by atoms with Crippen molar-refractivity contribution in [2.24, 2.45) is 11.8 Å². The summed E-state index contributed by atoms with van der Waals surface area (Å²) in [6.45, 7) is 9.03. The van der Waals surface area contributed by atoms with Crippen molar-refractivity contribution in [1.82, 2.24) is 14.9 Å². The maximum atomic E-state index is 13.4. The summed E-state index contributed by atoms with van der Waals surface area (Å²) in [4.78, 5) is 10.6. The third kappa shape index (κ3) is 2.95. The van der Waals surface area contributed by atoms with Gasteiger partial charge in [-0.05, 0) is 49.4 Å². The second kappa shape index (κ2) is 5.76. The molecular weight excluding hydrogens is 265 g/mol. The lowest BCUT2D eigenvalue weighted by molar-refractivity contribution is 0.0963. The van der Waals surface area contributed by atoms with Crippen molar-refractivity contribution in [2.45, 2.75) is 39.7 Å². The smallest absolute Gasteiger partial charge is 0.125 e. The van der Waals surface area contributed by atoms with Crippen LogP contribution in [-0.2, 0) is 0 Å². The molecule has 1 aromatic carbocycles. The van der Waals surface area contributed by atoms with E-state index >= 15 is 0 Å². The monoisotopic (exact) mass is 289 g/mol. The fourth-order valence-electron chi connectivity index (χ4n) is 3.53. The molecule has 3 nitrogen and oxygen atoms in total. The number of benzene rings is 1. The van der Waals surface area contributed by atoms with Gasteiger partial charge in [0.05, 0.1) is 17.1 Å². The number of rotatable bonds is 3. The van der Waals surface area contributed by atoms with Crippen LogP contribution < -0.4 is 0 Å². The molecule has 2 atom stereocenters. The Bertz CT molecular complexity index is 620. The first-order valence-electron chi connectivity index (χ1n) is 7.94. The fourth-order valence-corrected chi connectivity index (χ4v) is 3.53. The van der Waals surface area contributed by atoms with Crippen LogP contribution in [0.25, 0.3) is 11.0 Å². The Labute approximate surface area is 125 Å². The summed E-state index contributed by atoms with van der Waals surface area (Å²) in [5, 5.41) is 0. The first-order valence-corrected chi connectivity index (χ1v) is 7.94. The third-order valence-electron chi connectivity index (χ3n) is 4.46. The molecule has 1 fully saturated rings. The van der Waals surface area contributed by atoms with E-state index in [0.29, 0.717) is 5.92 Å². The van der Waals surface area contributed by atoms with E-state index in [4.69, 9.17) is 4.98 Å². The van der Waals surface area contributed by atoms with Gasteiger partial charge < -0.3 is 4.98 Å². The number of H-pyrrole nitrogens is 1. The average molecular weight is 289 g/mol. The first kappa shape index (κ1) is 14.5. The minimum atomic E-state index is -0.217. The summed E-state index contributed by atoms with van der Waals surface area (Å²) in [5.74, 6) is 1.97. The molecule has 1 N–H and O–H groups in total. The molecule has 0 saturated carbocycles. The SMILES string of the molecule is CC1CCCN(C(c2nc3ccc(F)cc3[nH]2)C(C)C)C1. The predicted octanol–water partition coefficient (Wildman–Crippen LogP) is 4.13. The normalized spacial score (nSPS) is 22.0. The highest BCUT2D eigenvalue weighted by molar-refractivity contribution is 5.75. The Balaban J connectivity index is 1.95. The second-order valence-electron chi connectivity index (χ2n) is 6.71. The topological polar surface area (TPSA) is 31.9 Å². The number of aromatic nitrogens is 2. The first-order chi connectivity index (χ1) is 10.0. The zero-order valence-electron chi connectivity index (χ0n) is 13.1. The number of halogens is 1. The minimum absolute atomic E-state index is 0.217. The lowest BCUT2D eigenvalue weighted by Gasteiger charge is -2.38. The van der Waals surface area contributed by atoms with Gasteiger partial charge in [0, 0.05) is 6.54 Å². The maximum Gasteiger partial charge on any atom is 0.125 e. The van der Waals surface area contributed by atoms with Crippen molar-refractivity contribution in [3.05, 3.63) is 29.8 Å². The lowest BCUT2D eigenvalue weighted by atomic mass is 9.94. The highest BCUT2D eigenvalue weighted by atomic mass is 19.1. The number of aromatic amines is 1. The van der Waals surface area contributed by atoms with Gasteiger partial charge in [0.1, 0.15) is 11.6 Å². The molecule has 0 bridgehead atoms. The Kier molecular flexibility index (Phi) is 3.98. The summed E-state index contributed by atoms with van der Waals surface area (Å²) >= 11 is 0. The summed E-state index contributed by atoms with van der Waals surface area (Å²) < 4.78 is 13.4. The Morgan fingerprint density at radius 1 is 1.38 bits per heavy atom. The molecule has 4 heteroatoms. The number of hydrogen-bond donors (Lipinski definition) is 1. The van der Waals surface area contributed by atoms with Crippen molar-refractivity contribution in [3.63, 3.8) is 0 Å². The van der Waals surface area contributed by atoms with E-state index in [1.807, 2.05) is 0 Å². The highest BCUT2D eigenvalue weighted by Crippen LogP contribution is 2.32. The molecule has 0 spiro atoms. The van der Waals surface area contributed by atoms with E-state index < -0.39 is 0 Å². The molecule has 2 heterocycles. The van der Waals surface area contributed by atoms with Crippen molar-refractivity contribution < 1.29 is 4.39 Å². The molecule has 1 aliphatic rings. The summed E-state index contributed by atoms with van der Waals surface area (Å²) in [6.07, 6.45) is 2.56. The Hall–Kier alpha value is -1.42. The number of imidazole rings is 1. The molecule has 2 unspecified atom stereocenters. The van der Waals surface area contributed by atoms with Gasteiger partial charge in [-0.2, -0.15) is 0 Å². The average Bonchev–Trinajstić information content (AvgIpc) is 2.80. The maximum absolute atomic E-state index is 13.4. The van der Waals surface area contributed by atoms with E-state index in [0.717, 1.165) is 35.9 Å². The molecule has 1 aliphatic heterocycles. The van der Waals surface area contributed by atoms with Gasteiger partial charge >= 0.3 is 0 Å². The summed E-state index contributed by atoms with van der Waals surface area (Å²) in [6, 6.07) is 5.03. The Morgan fingerprint density at radius 2 is 2.19 bits per heavy atom. The van der Waals surface area contributed by atoms with Crippen LogP contribution in [0.4, 0.5) is 4.39 Å². The number of piperidine rings is 1. The number of likely N-dealkylation sites (tertiary alicyclic amines) is 1. The quantitative estimate of drug-likeness (QED) is 0.921. The highest BCUT2D eigenvalue weighted by Gasteiger charge is 2.29. The van der Waals surface area contributed by atoms with Gasteiger partial charge in [-0.3, -0.25) is 4.90 Å². The lowest BCUT2D eigenvalue weighted by Crippen LogP contribution is -2.39. The standard InChI is InChI=1S/C17H24FN3/c1-11(2)16(21-8-4-5-12(3)10-21)17-19-14-7-6-13(18)9-15(14)20-17/h6-7,9,11-12,16H,4-5,8,10H2,1-3H3,(H,19,20). The van der Waals surface area contributed by atoms with E-state index in [1.54, 1.807) is 6.07 Å². The van der Waals surface area contributed by atoms with Gasteiger partial charge in [0.25, 0.3) is 0 Å². The fraction of sp³-hybridized carbons (Fsp3) is 0.588. The number of nitrogens with one attached hydrogen (secondary N) is 1. The van der Waals surface area contributed by atoms with Crippen molar-refractivity contribution >= 4 is 11.0 Å². The van der Waals surface area contributed by atoms with Crippen molar-refractivity contribution in [1.29, 1.82) is 0 Å². The van der Waals surface area contributed by atoms with Crippen LogP contribution in [0, 0.1) is 17.7 Å². The van der Waals surface area contributed by atoms with Crippen LogP contribution in [-0.4, -0.2) is 28.0 Å². The molecule has 21 heavy (non-hydrogen) atoms. The minimum Gasteiger partial charge on any atom is -0.341 e. The van der Waals surface area contributed by atoms with E-state index in [-0.39, 0.29) is 11.9 Å². The molecular formula is C17H24FN3. The second-order valence-corrected chi connectivity index (χ2v) is 6.71. The Morgan fingerprint density at radius 3 is 2.90 bits per heavy atom. The van der Waals surface area contributed by atoms with Crippen LogP contribution in [0.15, 0.2) is 18.2 Å². The van der Waals surface area contributed by atoms with E-state index in [2.05, 4.69) is 30.7 Å². The van der Waals surface area contributed by atoms with Gasteiger partial charge in [-0.25, -0.2) is 9.37 Å². The molecule has 0 radical (unpaired) electrons. The van der Waals surface area contributed by atoms with E-state index in [9.17, 15) is 4.39 Å². The summed E-state index contributed by atoms with van der Waals surface area (Å²) in [7, 11) is 0. The van der Waals surface area contributed by atoms with Crippen LogP contribution in [0.2, 0.25) is 0 Å². The van der Waals surface area contributed by atoms with Crippen LogP contribution in [0.5, 0.6) is 0 Å². The third-order valence-corrected chi connectivity index (χ3v) is 4.46. The zero-order valence-corrected chi connectivity index (χ0v) is 13.1. The van der Waals surface area contributed by atoms with E-state index in [1.165, 1.54) is 25.0 Å². The molecule has 3 rings (SSSR count). The van der Waals surface area contributed by atoms with Crippen LogP contribution in [0.3, 0.4) is 0 Å². The number of nitrogens with zero attached hydrogens (tertiary/aromatic N) is 2.